The number of carbonyl (C=O) groups is 1. The number of nitrogens with zero attached hydrogens (tertiary/aromatic N) is 1. The monoisotopic (exact) mass is 519 g/mol. The molecule has 12 heteroatoms. The fraction of sp³-hybridized carbons (Fsp3) is 0.200. The molecule has 1 aromatic heterocycles. The number of alkyl halides is 3. The topological polar surface area (TPSA) is 104 Å². The highest BCUT2D eigenvalue weighted by Gasteiger charge is 2.31. The zero-order chi connectivity index (χ0) is 23.6. The number of hydrogen-bond donors (Lipinski definition) is 2. The summed E-state index contributed by atoms with van der Waals surface area (Å²) in [6, 6.07) is 6.00. The molecule has 0 aliphatic rings. The van der Waals surface area contributed by atoms with E-state index in [4.69, 9.17) is 20.6 Å². The van der Waals surface area contributed by atoms with Crippen molar-refractivity contribution in [2.24, 2.45) is 11.5 Å². The van der Waals surface area contributed by atoms with Gasteiger partial charge in [0.2, 0.25) is 5.89 Å². The number of benzene rings is 2. The minimum absolute atomic E-state index is 0.0613. The van der Waals surface area contributed by atoms with Gasteiger partial charge in [-0.25, -0.2) is 13.8 Å². The highest BCUT2D eigenvalue weighted by atomic mass is 79.9. The van der Waals surface area contributed by atoms with Crippen molar-refractivity contribution in [3.8, 4) is 17.0 Å². The Balaban J connectivity index is 1.94. The normalized spacial score (nSPS) is 12.6. The molecule has 0 aliphatic heterocycles. The predicted molar refractivity (Wildman–Crippen MR) is 107 cm³/mol. The van der Waals surface area contributed by atoms with Gasteiger partial charge < -0.3 is 20.6 Å². The lowest BCUT2D eigenvalue weighted by Crippen LogP contribution is -2.18. The molecular weight excluding hydrogens is 505 g/mol. The third-order valence-electron chi connectivity index (χ3n) is 4.36. The molecule has 0 saturated heterocycles. The molecule has 170 valence electrons. The summed E-state index contributed by atoms with van der Waals surface area (Å²) in [5.74, 6) is -4.32. The van der Waals surface area contributed by atoms with Gasteiger partial charge in [0.25, 0.3) is 5.91 Å². The SMILES string of the molecule is NCCC(Oc1ccc(F)c(C(N)=O)c1F)c1nc(-c2ccc(C(F)(F)F)cc2)c(Br)o1. The van der Waals surface area contributed by atoms with Crippen molar-refractivity contribution < 1.29 is 35.9 Å². The molecule has 0 bridgehead atoms. The van der Waals surface area contributed by atoms with Crippen LogP contribution in [0.1, 0.15) is 34.3 Å². The number of oxazole rings is 1. The van der Waals surface area contributed by atoms with Crippen molar-refractivity contribution in [2.45, 2.75) is 18.7 Å². The van der Waals surface area contributed by atoms with Crippen molar-refractivity contribution in [2.75, 3.05) is 6.54 Å². The molecular formula is C20H15BrF5N3O3. The number of carbonyl (C=O) groups excluding carboxylic acids is 1. The Morgan fingerprint density at radius 1 is 1.16 bits per heavy atom. The molecule has 2 aromatic carbocycles. The lowest BCUT2D eigenvalue weighted by molar-refractivity contribution is -0.137. The van der Waals surface area contributed by atoms with Crippen LogP contribution in [0.25, 0.3) is 11.3 Å². The van der Waals surface area contributed by atoms with Gasteiger partial charge in [-0.1, -0.05) is 12.1 Å². The van der Waals surface area contributed by atoms with E-state index in [-0.39, 0.29) is 29.2 Å². The zero-order valence-corrected chi connectivity index (χ0v) is 17.6. The Morgan fingerprint density at radius 3 is 2.38 bits per heavy atom. The molecule has 6 nitrogen and oxygen atoms in total. The maximum Gasteiger partial charge on any atom is 0.416 e. The van der Waals surface area contributed by atoms with Crippen LogP contribution < -0.4 is 16.2 Å². The first-order valence-corrected chi connectivity index (χ1v) is 9.80. The number of aromatic nitrogens is 1. The Morgan fingerprint density at radius 2 is 1.81 bits per heavy atom. The molecule has 0 spiro atoms. The summed E-state index contributed by atoms with van der Waals surface area (Å²) in [6.45, 7) is 0.0613. The van der Waals surface area contributed by atoms with E-state index in [0.29, 0.717) is 5.56 Å². The van der Waals surface area contributed by atoms with E-state index in [1.807, 2.05) is 0 Å². The van der Waals surface area contributed by atoms with Crippen molar-refractivity contribution in [3.63, 3.8) is 0 Å². The summed E-state index contributed by atoms with van der Waals surface area (Å²) < 4.78 is 77.7. The first-order valence-electron chi connectivity index (χ1n) is 9.01. The summed E-state index contributed by atoms with van der Waals surface area (Å²) in [5.41, 5.74) is 9.28. The second-order valence-electron chi connectivity index (χ2n) is 6.53. The second kappa shape index (κ2) is 9.25. The van der Waals surface area contributed by atoms with E-state index < -0.39 is 46.7 Å². The van der Waals surface area contributed by atoms with Crippen LogP contribution in [-0.4, -0.2) is 17.4 Å². The standard InChI is InChI=1S/C20H15BrF5N3O3/c21-17-16(9-1-3-10(4-2-9)20(24,25)26)29-19(32-17)13(7-8-27)31-12-6-5-11(22)14(15(12)23)18(28)30/h1-6,13H,7-8,27H2,(H2,28,30). The summed E-state index contributed by atoms with van der Waals surface area (Å²) >= 11 is 3.15. The minimum atomic E-state index is -4.49. The van der Waals surface area contributed by atoms with Gasteiger partial charge in [0.05, 0.1) is 5.56 Å². The van der Waals surface area contributed by atoms with Gasteiger partial charge in [-0.3, -0.25) is 4.79 Å². The molecule has 3 rings (SSSR count). The van der Waals surface area contributed by atoms with Gasteiger partial charge in [-0.15, -0.1) is 0 Å². The summed E-state index contributed by atoms with van der Waals surface area (Å²) in [6.07, 6.45) is -5.46. The molecule has 1 amide bonds. The van der Waals surface area contributed by atoms with Gasteiger partial charge in [-0.05, 0) is 46.7 Å². The average molecular weight is 520 g/mol. The Hall–Kier alpha value is -2.99. The summed E-state index contributed by atoms with van der Waals surface area (Å²) in [5, 5.41) is 0. The van der Waals surface area contributed by atoms with Crippen molar-refractivity contribution in [1.82, 2.24) is 4.98 Å². The van der Waals surface area contributed by atoms with Crippen molar-refractivity contribution in [3.05, 3.63) is 69.7 Å². The Labute approximate surface area is 186 Å². The van der Waals surface area contributed by atoms with Crippen LogP contribution in [0, 0.1) is 11.6 Å². The Bertz CT molecular complexity index is 1130. The number of ether oxygens (including phenoxy) is 1. The van der Waals surface area contributed by atoms with Gasteiger partial charge >= 0.3 is 6.18 Å². The van der Waals surface area contributed by atoms with E-state index in [1.165, 1.54) is 12.1 Å². The molecule has 0 fully saturated rings. The predicted octanol–water partition coefficient (Wildman–Crippen LogP) is 4.97. The number of primary amides is 1. The number of amides is 1. The highest BCUT2D eigenvalue weighted by Crippen LogP contribution is 2.36. The fourth-order valence-electron chi connectivity index (χ4n) is 2.84. The highest BCUT2D eigenvalue weighted by molar-refractivity contribution is 9.10. The molecule has 1 atom stereocenters. The Kier molecular flexibility index (Phi) is 6.84. The van der Waals surface area contributed by atoms with E-state index >= 15 is 0 Å². The number of halogens is 6. The molecule has 0 saturated carbocycles. The summed E-state index contributed by atoms with van der Waals surface area (Å²) in [4.78, 5) is 15.6. The van der Waals surface area contributed by atoms with Gasteiger partial charge in [-0.2, -0.15) is 13.2 Å². The third-order valence-corrected chi connectivity index (χ3v) is 4.90. The first kappa shape index (κ1) is 23.7. The zero-order valence-electron chi connectivity index (χ0n) is 16.1. The lowest BCUT2D eigenvalue weighted by atomic mass is 10.1. The molecule has 4 N–H and O–H groups in total. The van der Waals surface area contributed by atoms with Crippen LogP contribution >= 0.6 is 15.9 Å². The quantitative estimate of drug-likeness (QED) is 0.429. The van der Waals surface area contributed by atoms with Gasteiger partial charge in [0.1, 0.15) is 17.1 Å². The van der Waals surface area contributed by atoms with Crippen LogP contribution in [0.3, 0.4) is 0 Å². The van der Waals surface area contributed by atoms with E-state index in [9.17, 15) is 26.7 Å². The van der Waals surface area contributed by atoms with Crippen LogP contribution in [-0.2, 0) is 6.18 Å². The van der Waals surface area contributed by atoms with E-state index in [2.05, 4.69) is 20.9 Å². The molecule has 32 heavy (non-hydrogen) atoms. The largest absolute Gasteiger partial charge is 0.478 e. The molecule has 3 aromatic rings. The van der Waals surface area contributed by atoms with Crippen molar-refractivity contribution >= 4 is 21.8 Å². The van der Waals surface area contributed by atoms with E-state index in [0.717, 1.165) is 24.3 Å². The molecule has 0 radical (unpaired) electrons. The minimum Gasteiger partial charge on any atom is -0.478 e. The lowest BCUT2D eigenvalue weighted by Gasteiger charge is -2.16. The first-order chi connectivity index (χ1) is 15.0. The number of rotatable bonds is 7. The molecule has 1 unspecified atom stereocenters. The van der Waals surface area contributed by atoms with Gasteiger partial charge in [0, 0.05) is 12.0 Å². The fourth-order valence-corrected chi connectivity index (χ4v) is 3.32. The maximum atomic E-state index is 14.5. The number of nitrogens with two attached hydrogens (primary N) is 2. The van der Waals surface area contributed by atoms with E-state index in [1.54, 1.807) is 0 Å². The van der Waals surface area contributed by atoms with Crippen molar-refractivity contribution in [1.29, 1.82) is 0 Å². The number of hydrogen-bond acceptors (Lipinski definition) is 5. The maximum absolute atomic E-state index is 14.5. The third kappa shape index (κ3) is 4.91. The average Bonchev–Trinajstić information content (AvgIpc) is 3.10. The molecule has 0 aliphatic carbocycles. The molecule has 1 heterocycles. The summed E-state index contributed by atoms with van der Waals surface area (Å²) in [7, 11) is 0. The van der Waals surface area contributed by atoms with Gasteiger partial charge in [0.15, 0.2) is 22.3 Å². The van der Waals surface area contributed by atoms with Crippen LogP contribution in [0.4, 0.5) is 22.0 Å². The second-order valence-corrected chi connectivity index (χ2v) is 7.25. The smallest absolute Gasteiger partial charge is 0.416 e. The van der Waals surface area contributed by atoms with Crippen LogP contribution in [0.15, 0.2) is 45.5 Å². The van der Waals surface area contributed by atoms with Crippen LogP contribution in [0.5, 0.6) is 5.75 Å². The van der Waals surface area contributed by atoms with Crippen LogP contribution in [0.2, 0.25) is 0 Å².